The van der Waals surface area contributed by atoms with Crippen LogP contribution in [0.1, 0.15) is 37.2 Å². The van der Waals surface area contributed by atoms with Gasteiger partial charge >= 0.3 is 5.97 Å². The van der Waals surface area contributed by atoms with Crippen LogP contribution in [0.4, 0.5) is 0 Å². The highest BCUT2D eigenvalue weighted by molar-refractivity contribution is 5.84. The van der Waals surface area contributed by atoms with E-state index in [0.29, 0.717) is 13.1 Å². The molecule has 0 fully saturated rings. The van der Waals surface area contributed by atoms with Crippen LogP contribution in [0.3, 0.4) is 0 Å². The number of hydrogen-bond donors (Lipinski definition) is 3. The SMILES string of the molecule is CCC(CC)(CO)CNCCn1cc(C(=O)O)nn1. The lowest BCUT2D eigenvalue weighted by atomic mass is 9.83. The molecule has 3 N–H and O–H groups in total. The number of hydrogen-bond acceptors (Lipinski definition) is 5. The summed E-state index contributed by atoms with van der Waals surface area (Å²) >= 11 is 0. The number of carboxylic acids is 1. The summed E-state index contributed by atoms with van der Waals surface area (Å²) < 4.78 is 1.50. The van der Waals surface area contributed by atoms with Crippen LogP contribution in [0.2, 0.25) is 0 Å². The predicted molar refractivity (Wildman–Crippen MR) is 70.0 cm³/mol. The molecule has 0 aromatic carbocycles. The maximum atomic E-state index is 10.6. The molecular formula is C12H22N4O3. The topological polar surface area (TPSA) is 100 Å². The maximum absolute atomic E-state index is 10.6. The van der Waals surface area contributed by atoms with Crippen molar-refractivity contribution in [2.75, 3.05) is 19.7 Å². The first kappa shape index (κ1) is 15.6. The first-order chi connectivity index (χ1) is 9.06. The monoisotopic (exact) mass is 270 g/mol. The molecule has 0 unspecified atom stereocenters. The van der Waals surface area contributed by atoms with Crippen molar-refractivity contribution in [2.45, 2.75) is 33.2 Å². The minimum Gasteiger partial charge on any atom is -0.476 e. The van der Waals surface area contributed by atoms with Crippen LogP contribution in [0.15, 0.2) is 6.20 Å². The molecule has 0 spiro atoms. The minimum atomic E-state index is -1.07. The van der Waals surface area contributed by atoms with E-state index in [1.54, 1.807) is 0 Å². The highest BCUT2D eigenvalue weighted by Gasteiger charge is 2.24. The van der Waals surface area contributed by atoms with Crippen LogP contribution >= 0.6 is 0 Å². The van der Waals surface area contributed by atoms with E-state index >= 15 is 0 Å². The van der Waals surface area contributed by atoms with Gasteiger partial charge in [0.15, 0.2) is 5.69 Å². The molecule has 0 saturated carbocycles. The lowest BCUT2D eigenvalue weighted by Crippen LogP contribution is -2.37. The van der Waals surface area contributed by atoms with Gasteiger partial charge in [-0.05, 0) is 12.8 Å². The van der Waals surface area contributed by atoms with Crippen LogP contribution in [-0.2, 0) is 6.54 Å². The third-order valence-electron chi connectivity index (χ3n) is 3.61. The number of aromatic nitrogens is 3. The fraction of sp³-hybridized carbons (Fsp3) is 0.750. The van der Waals surface area contributed by atoms with Crippen molar-refractivity contribution in [3.05, 3.63) is 11.9 Å². The largest absolute Gasteiger partial charge is 0.476 e. The number of carboxylic acid groups (broad SMARTS) is 1. The number of aliphatic hydroxyl groups is 1. The standard InChI is InChI=1S/C12H22N4O3/c1-3-12(4-2,9-17)8-13-5-6-16-7-10(11(18)19)14-15-16/h7,13,17H,3-6,8-9H2,1-2H3,(H,18,19). The van der Waals surface area contributed by atoms with E-state index in [-0.39, 0.29) is 17.7 Å². The highest BCUT2D eigenvalue weighted by Crippen LogP contribution is 2.24. The first-order valence-electron chi connectivity index (χ1n) is 6.52. The fourth-order valence-corrected chi connectivity index (χ4v) is 1.83. The summed E-state index contributed by atoms with van der Waals surface area (Å²) in [4.78, 5) is 10.6. The second kappa shape index (κ2) is 7.20. The van der Waals surface area contributed by atoms with E-state index in [0.717, 1.165) is 19.4 Å². The Kier molecular flexibility index (Phi) is 5.91. The zero-order chi connectivity index (χ0) is 14.3. The molecule has 0 atom stereocenters. The molecule has 1 aromatic rings. The average Bonchev–Trinajstić information content (AvgIpc) is 2.89. The number of aliphatic hydroxyl groups excluding tert-OH is 1. The summed E-state index contributed by atoms with van der Waals surface area (Å²) in [6, 6.07) is 0. The Morgan fingerprint density at radius 1 is 1.47 bits per heavy atom. The Hall–Kier alpha value is -1.47. The van der Waals surface area contributed by atoms with Crippen LogP contribution in [-0.4, -0.2) is 50.9 Å². The van der Waals surface area contributed by atoms with Crippen molar-refractivity contribution in [3.63, 3.8) is 0 Å². The van der Waals surface area contributed by atoms with Crippen LogP contribution in [0.25, 0.3) is 0 Å². The van der Waals surface area contributed by atoms with E-state index in [9.17, 15) is 9.90 Å². The Morgan fingerprint density at radius 3 is 2.63 bits per heavy atom. The third-order valence-corrected chi connectivity index (χ3v) is 3.61. The van der Waals surface area contributed by atoms with Gasteiger partial charge in [0, 0.05) is 25.1 Å². The Morgan fingerprint density at radius 2 is 2.16 bits per heavy atom. The summed E-state index contributed by atoms with van der Waals surface area (Å²) in [5, 5.41) is 28.7. The van der Waals surface area contributed by atoms with Gasteiger partial charge in [-0.1, -0.05) is 19.1 Å². The normalized spacial score (nSPS) is 11.7. The number of nitrogens with zero attached hydrogens (tertiary/aromatic N) is 3. The van der Waals surface area contributed by atoms with Crippen molar-refractivity contribution in [1.82, 2.24) is 20.3 Å². The molecule has 1 aromatic heterocycles. The molecule has 0 radical (unpaired) electrons. The number of carbonyl (C=O) groups is 1. The molecule has 0 amide bonds. The summed E-state index contributed by atoms with van der Waals surface area (Å²) in [6.45, 7) is 6.24. The van der Waals surface area contributed by atoms with Gasteiger partial charge in [-0.3, -0.25) is 4.68 Å². The predicted octanol–water partition coefficient (Wildman–Crippen LogP) is 0.365. The molecule has 0 aliphatic rings. The van der Waals surface area contributed by atoms with Crippen molar-refractivity contribution in [2.24, 2.45) is 5.41 Å². The van der Waals surface area contributed by atoms with E-state index in [2.05, 4.69) is 29.5 Å². The van der Waals surface area contributed by atoms with Gasteiger partial charge < -0.3 is 15.5 Å². The summed E-state index contributed by atoms with van der Waals surface area (Å²) in [6.07, 6.45) is 3.24. The lowest BCUT2D eigenvalue weighted by Gasteiger charge is -2.29. The quantitative estimate of drug-likeness (QED) is 0.560. The number of rotatable bonds is 9. The fourth-order valence-electron chi connectivity index (χ4n) is 1.83. The van der Waals surface area contributed by atoms with Gasteiger partial charge in [-0.2, -0.15) is 0 Å². The summed E-state index contributed by atoms with van der Waals surface area (Å²) in [5.41, 5.74) is -0.124. The molecule has 108 valence electrons. The Labute approximate surface area is 112 Å². The molecule has 1 heterocycles. The summed E-state index contributed by atoms with van der Waals surface area (Å²) in [7, 11) is 0. The van der Waals surface area contributed by atoms with E-state index in [1.165, 1.54) is 10.9 Å². The van der Waals surface area contributed by atoms with E-state index in [1.807, 2.05) is 0 Å². The molecule has 7 heteroatoms. The molecular weight excluding hydrogens is 248 g/mol. The molecule has 0 saturated heterocycles. The van der Waals surface area contributed by atoms with Gasteiger partial charge in [0.05, 0.1) is 12.7 Å². The smallest absolute Gasteiger partial charge is 0.358 e. The van der Waals surface area contributed by atoms with Crippen molar-refractivity contribution in [3.8, 4) is 0 Å². The van der Waals surface area contributed by atoms with E-state index in [4.69, 9.17) is 5.11 Å². The highest BCUT2D eigenvalue weighted by atomic mass is 16.4. The molecule has 19 heavy (non-hydrogen) atoms. The van der Waals surface area contributed by atoms with Crippen molar-refractivity contribution < 1.29 is 15.0 Å². The van der Waals surface area contributed by atoms with Crippen molar-refractivity contribution in [1.29, 1.82) is 0 Å². The summed E-state index contributed by atoms with van der Waals surface area (Å²) in [5.74, 6) is -1.07. The minimum absolute atomic E-state index is 0.0492. The second-order valence-electron chi connectivity index (χ2n) is 4.71. The molecule has 7 nitrogen and oxygen atoms in total. The third kappa shape index (κ3) is 4.29. The van der Waals surface area contributed by atoms with Gasteiger partial charge in [0.25, 0.3) is 0 Å². The average molecular weight is 270 g/mol. The maximum Gasteiger partial charge on any atom is 0.358 e. The molecule has 0 aliphatic heterocycles. The van der Waals surface area contributed by atoms with E-state index < -0.39 is 5.97 Å². The number of aromatic carboxylic acids is 1. The molecule has 0 bridgehead atoms. The molecule has 0 aliphatic carbocycles. The van der Waals surface area contributed by atoms with Gasteiger partial charge in [0.2, 0.25) is 0 Å². The van der Waals surface area contributed by atoms with Crippen LogP contribution in [0.5, 0.6) is 0 Å². The van der Waals surface area contributed by atoms with Crippen LogP contribution in [0, 0.1) is 5.41 Å². The zero-order valence-corrected chi connectivity index (χ0v) is 11.5. The zero-order valence-electron chi connectivity index (χ0n) is 11.5. The van der Waals surface area contributed by atoms with Gasteiger partial charge in [-0.25, -0.2) is 4.79 Å². The Balaban J connectivity index is 2.35. The lowest BCUT2D eigenvalue weighted by molar-refractivity contribution is 0.0690. The van der Waals surface area contributed by atoms with Gasteiger partial charge in [0.1, 0.15) is 0 Å². The van der Waals surface area contributed by atoms with Gasteiger partial charge in [-0.15, -0.1) is 5.10 Å². The van der Waals surface area contributed by atoms with Crippen molar-refractivity contribution >= 4 is 5.97 Å². The second-order valence-corrected chi connectivity index (χ2v) is 4.71. The first-order valence-corrected chi connectivity index (χ1v) is 6.52. The van der Waals surface area contributed by atoms with Crippen LogP contribution < -0.4 is 5.32 Å². The molecule has 1 rings (SSSR count). The number of nitrogens with one attached hydrogen (secondary N) is 1. The Bertz CT molecular complexity index is 393.